The van der Waals surface area contributed by atoms with Crippen molar-refractivity contribution in [2.45, 2.75) is 33.6 Å². The number of carbonyl (C=O) groups excluding carboxylic acids is 2. The Morgan fingerprint density at radius 1 is 1.35 bits per heavy atom. The minimum atomic E-state index is -0.279. The lowest BCUT2D eigenvalue weighted by Gasteiger charge is -2.30. The van der Waals surface area contributed by atoms with Gasteiger partial charge in [0.1, 0.15) is 0 Å². The second-order valence-corrected chi connectivity index (χ2v) is 8.24. The molecular formula is C19H25N3O3S. The number of aryl methyl sites for hydroxylation is 1. The largest absolute Gasteiger partial charge is 0.449 e. The maximum atomic E-state index is 12.5. The summed E-state index contributed by atoms with van der Waals surface area (Å²) in [5, 5.41) is 3.57. The third kappa shape index (κ3) is 4.52. The fraction of sp³-hybridized carbons (Fsp3) is 0.526. The van der Waals surface area contributed by atoms with Crippen molar-refractivity contribution in [2.75, 3.05) is 25.0 Å². The summed E-state index contributed by atoms with van der Waals surface area (Å²) in [6.45, 7) is 7.58. The maximum absolute atomic E-state index is 12.5. The fourth-order valence-electron chi connectivity index (χ4n) is 2.95. The summed E-state index contributed by atoms with van der Waals surface area (Å²) in [5.74, 6) is 0.203. The first-order chi connectivity index (χ1) is 12.4. The molecule has 140 valence electrons. The number of hydrogen-bond donors (Lipinski definition) is 1. The van der Waals surface area contributed by atoms with Crippen LogP contribution in [0.15, 0.2) is 18.2 Å². The second kappa shape index (κ2) is 8.03. The standard InChI is InChI=1S/C19H25N3O3S/c1-12(2)11-25-19(24)22-8-6-14(7-9-22)17(23)21-18-20-15-5-4-13(3)10-16(15)26-18/h4-5,10,12,14H,6-9,11H2,1-3H3,(H,20,21,23). The molecule has 3 rings (SSSR count). The van der Waals surface area contributed by atoms with Gasteiger partial charge < -0.3 is 15.0 Å². The van der Waals surface area contributed by atoms with Gasteiger partial charge in [0.15, 0.2) is 5.13 Å². The molecule has 0 spiro atoms. The van der Waals surface area contributed by atoms with Gasteiger partial charge in [-0.3, -0.25) is 4.79 Å². The highest BCUT2D eigenvalue weighted by Gasteiger charge is 2.28. The number of nitrogens with zero attached hydrogens (tertiary/aromatic N) is 2. The number of likely N-dealkylation sites (tertiary alicyclic amines) is 1. The van der Waals surface area contributed by atoms with Crippen molar-refractivity contribution in [3.05, 3.63) is 23.8 Å². The van der Waals surface area contributed by atoms with Gasteiger partial charge >= 0.3 is 6.09 Å². The van der Waals surface area contributed by atoms with Gasteiger partial charge in [-0.25, -0.2) is 9.78 Å². The molecule has 0 bridgehead atoms. The van der Waals surface area contributed by atoms with Crippen LogP contribution in [0.4, 0.5) is 9.93 Å². The summed E-state index contributed by atoms with van der Waals surface area (Å²) in [6.07, 6.45) is 1.01. The van der Waals surface area contributed by atoms with Crippen LogP contribution in [0.25, 0.3) is 10.2 Å². The van der Waals surface area contributed by atoms with Gasteiger partial charge in [-0.1, -0.05) is 31.3 Å². The van der Waals surface area contributed by atoms with E-state index < -0.39 is 0 Å². The molecule has 0 radical (unpaired) electrons. The van der Waals surface area contributed by atoms with Crippen LogP contribution in [0, 0.1) is 18.8 Å². The van der Waals surface area contributed by atoms with E-state index in [9.17, 15) is 9.59 Å². The molecule has 1 saturated heterocycles. The van der Waals surface area contributed by atoms with Gasteiger partial charge in [0.25, 0.3) is 0 Å². The quantitative estimate of drug-likeness (QED) is 0.875. The van der Waals surface area contributed by atoms with Gasteiger partial charge in [0, 0.05) is 19.0 Å². The van der Waals surface area contributed by atoms with E-state index in [1.165, 1.54) is 16.9 Å². The molecule has 1 aliphatic heterocycles. The molecule has 26 heavy (non-hydrogen) atoms. The van der Waals surface area contributed by atoms with Gasteiger partial charge in [0.05, 0.1) is 16.8 Å². The van der Waals surface area contributed by atoms with Crippen molar-refractivity contribution in [2.24, 2.45) is 11.8 Å². The number of thiazole rings is 1. The van der Waals surface area contributed by atoms with E-state index >= 15 is 0 Å². The average Bonchev–Trinajstić information content (AvgIpc) is 3.01. The molecule has 0 atom stereocenters. The van der Waals surface area contributed by atoms with Crippen LogP contribution >= 0.6 is 11.3 Å². The minimum Gasteiger partial charge on any atom is -0.449 e. The number of carbonyl (C=O) groups is 2. The molecule has 0 unspecified atom stereocenters. The number of rotatable bonds is 4. The van der Waals surface area contributed by atoms with Crippen LogP contribution < -0.4 is 5.32 Å². The lowest BCUT2D eigenvalue weighted by molar-refractivity contribution is -0.121. The number of aromatic nitrogens is 1. The number of piperidine rings is 1. The molecular weight excluding hydrogens is 350 g/mol. The maximum Gasteiger partial charge on any atom is 0.409 e. The molecule has 1 aliphatic rings. The van der Waals surface area contributed by atoms with Crippen molar-refractivity contribution >= 4 is 38.7 Å². The van der Waals surface area contributed by atoms with E-state index in [4.69, 9.17) is 4.74 Å². The Labute approximate surface area is 157 Å². The van der Waals surface area contributed by atoms with Crippen LogP contribution in [0.1, 0.15) is 32.3 Å². The zero-order valence-electron chi connectivity index (χ0n) is 15.4. The molecule has 1 fully saturated rings. The van der Waals surface area contributed by atoms with Crippen LogP contribution in [0.2, 0.25) is 0 Å². The second-order valence-electron chi connectivity index (χ2n) is 7.21. The third-order valence-electron chi connectivity index (χ3n) is 4.44. The number of ether oxygens (including phenoxy) is 1. The summed E-state index contributed by atoms with van der Waals surface area (Å²) < 4.78 is 6.33. The first-order valence-corrected chi connectivity index (χ1v) is 9.84. The Bertz CT molecular complexity index is 794. The van der Waals surface area contributed by atoms with Crippen LogP contribution in [0.3, 0.4) is 0 Å². The fourth-order valence-corrected chi connectivity index (χ4v) is 3.91. The summed E-state index contributed by atoms with van der Waals surface area (Å²) in [7, 11) is 0. The number of nitrogens with one attached hydrogen (secondary N) is 1. The van der Waals surface area contributed by atoms with Crippen LogP contribution in [-0.2, 0) is 9.53 Å². The first-order valence-electron chi connectivity index (χ1n) is 9.02. The topological polar surface area (TPSA) is 71.5 Å². The molecule has 2 aromatic rings. The highest BCUT2D eigenvalue weighted by atomic mass is 32.1. The van der Waals surface area contributed by atoms with E-state index in [0.29, 0.717) is 43.6 Å². The Morgan fingerprint density at radius 3 is 2.77 bits per heavy atom. The normalized spacial score (nSPS) is 15.5. The van der Waals surface area contributed by atoms with E-state index in [1.54, 1.807) is 4.90 Å². The molecule has 6 nitrogen and oxygen atoms in total. The van der Waals surface area contributed by atoms with Crippen molar-refractivity contribution in [3.63, 3.8) is 0 Å². The molecule has 1 aromatic heterocycles. The van der Waals surface area contributed by atoms with Gasteiger partial charge in [-0.2, -0.15) is 0 Å². The van der Waals surface area contributed by atoms with Crippen molar-refractivity contribution in [1.82, 2.24) is 9.88 Å². The zero-order chi connectivity index (χ0) is 18.7. The predicted molar refractivity (Wildman–Crippen MR) is 103 cm³/mol. The average molecular weight is 375 g/mol. The van der Waals surface area contributed by atoms with E-state index in [0.717, 1.165) is 10.2 Å². The van der Waals surface area contributed by atoms with Gasteiger partial charge in [-0.05, 0) is 43.4 Å². The zero-order valence-corrected chi connectivity index (χ0v) is 16.3. The van der Waals surface area contributed by atoms with Gasteiger partial charge in [0.2, 0.25) is 5.91 Å². The Balaban J connectivity index is 1.52. The molecule has 2 amide bonds. The SMILES string of the molecule is Cc1ccc2nc(NC(=O)C3CCN(C(=O)OCC(C)C)CC3)sc2c1. The highest BCUT2D eigenvalue weighted by molar-refractivity contribution is 7.22. The van der Waals surface area contributed by atoms with E-state index in [-0.39, 0.29) is 17.9 Å². The number of anilines is 1. The highest BCUT2D eigenvalue weighted by Crippen LogP contribution is 2.28. The van der Waals surface area contributed by atoms with E-state index in [2.05, 4.69) is 16.4 Å². The number of hydrogen-bond acceptors (Lipinski definition) is 5. The Hall–Kier alpha value is -2.15. The third-order valence-corrected chi connectivity index (χ3v) is 5.37. The van der Waals surface area contributed by atoms with Crippen LogP contribution in [-0.4, -0.2) is 41.6 Å². The molecule has 0 aliphatic carbocycles. The summed E-state index contributed by atoms with van der Waals surface area (Å²) in [5.41, 5.74) is 2.08. The lowest BCUT2D eigenvalue weighted by atomic mass is 9.96. The van der Waals surface area contributed by atoms with Gasteiger partial charge in [-0.15, -0.1) is 0 Å². The molecule has 7 heteroatoms. The lowest BCUT2D eigenvalue weighted by Crippen LogP contribution is -2.42. The minimum absolute atomic E-state index is 0.0176. The Kier molecular flexibility index (Phi) is 5.76. The van der Waals surface area contributed by atoms with E-state index in [1.807, 2.05) is 32.9 Å². The molecule has 0 saturated carbocycles. The monoisotopic (exact) mass is 375 g/mol. The number of fused-ring (bicyclic) bond motifs is 1. The molecule has 2 heterocycles. The van der Waals surface area contributed by atoms with Crippen molar-refractivity contribution in [1.29, 1.82) is 0 Å². The molecule has 1 N–H and O–H groups in total. The first kappa shape index (κ1) is 18.6. The predicted octanol–water partition coefficient (Wildman–Crippen LogP) is 4.05. The molecule has 1 aromatic carbocycles. The smallest absolute Gasteiger partial charge is 0.409 e. The number of benzene rings is 1. The summed E-state index contributed by atoms with van der Waals surface area (Å²) >= 11 is 1.49. The van der Waals surface area contributed by atoms with Crippen LogP contribution in [0.5, 0.6) is 0 Å². The Morgan fingerprint density at radius 2 is 2.08 bits per heavy atom. The summed E-state index contributed by atoms with van der Waals surface area (Å²) in [6, 6.07) is 6.06. The van der Waals surface area contributed by atoms with Crippen molar-refractivity contribution < 1.29 is 14.3 Å². The number of amides is 2. The summed E-state index contributed by atoms with van der Waals surface area (Å²) in [4.78, 5) is 30.7. The van der Waals surface area contributed by atoms with Crippen molar-refractivity contribution in [3.8, 4) is 0 Å².